The number of halogens is 3. The molecule has 0 aliphatic carbocycles. The van der Waals surface area contributed by atoms with Gasteiger partial charge >= 0.3 is 0 Å². The molecule has 0 aliphatic rings. The summed E-state index contributed by atoms with van der Waals surface area (Å²) in [4.78, 5) is 23.3. The highest BCUT2D eigenvalue weighted by Crippen LogP contribution is 2.14. The molecule has 7 heteroatoms. The van der Waals surface area contributed by atoms with Crippen molar-refractivity contribution in [1.82, 2.24) is 5.32 Å². The third-order valence-electron chi connectivity index (χ3n) is 3.30. The number of carbonyl (C=O) groups is 2. The quantitative estimate of drug-likeness (QED) is 0.744. The summed E-state index contributed by atoms with van der Waals surface area (Å²) in [5.74, 6) is -4.41. The maximum Gasteiger partial charge on any atom is 0.227 e. The van der Waals surface area contributed by atoms with Crippen LogP contribution in [0, 0.1) is 17.5 Å². The zero-order chi connectivity index (χ0) is 18.2. The van der Waals surface area contributed by atoms with Crippen LogP contribution in [0.3, 0.4) is 0 Å². The van der Waals surface area contributed by atoms with E-state index in [-0.39, 0.29) is 13.2 Å². The summed E-state index contributed by atoms with van der Waals surface area (Å²) < 4.78 is 44.9. The van der Waals surface area contributed by atoms with Gasteiger partial charge in [0.2, 0.25) is 5.91 Å². The van der Waals surface area contributed by atoms with Crippen molar-refractivity contribution in [3.05, 3.63) is 71.0 Å². The molecule has 0 saturated heterocycles. The van der Waals surface area contributed by atoms with Gasteiger partial charge in [0.25, 0.3) is 0 Å². The van der Waals surface area contributed by atoms with Crippen molar-refractivity contribution in [1.29, 1.82) is 0 Å². The van der Waals surface area contributed by atoms with E-state index in [1.54, 1.807) is 0 Å². The molecule has 25 heavy (non-hydrogen) atoms. The number of nitrogens with one attached hydrogen (secondary N) is 1. The lowest BCUT2D eigenvalue weighted by molar-refractivity contribution is -0.131. The van der Waals surface area contributed by atoms with Gasteiger partial charge in [0.15, 0.2) is 5.78 Å². The molecule has 2 aromatic carbocycles. The molecule has 0 spiro atoms. The average Bonchev–Trinajstić information content (AvgIpc) is 2.54. The number of Topliss-reactive ketones (excluding diaryl/α,β-unsaturated/α-hetero) is 1. The van der Waals surface area contributed by atoms with E-state index in [9.17, 15) is 22.8 Å². The number of ether oxygens (including phenoxy) is 1. The Labute approximate surface area is 142 Å². The molecule has 0 heterocycles. The number of ketones is 1. The first-order valence-electron chi connectivity index (χ1n) is 7.49. The number of carbonyl (C=O) groups excluding carboxylic acids is 2. The van der Waals surface area contributed by atoms with Crippen LogP contribution in [0.5, 0.6) is 0 Å². The number of hydrogen-bond acceptors (Lipinski definition) is 3. The van der Waals surface area contributed by atoms with Crippen LogP contribution in [0.15, 0.2) is 42.5 Å². The highest BCUT2D eigenvalue weighted by molar-refractivity contribution is 5.98. The molecule has 4 nitrogen and oxygen atoms in total. The Morgan fingerprint density at radius 1 is 1.00 bits per heavy atom. The Kier molecular flexibility index (Phi) is 6.71. The van der Waals surface area contributed by atoms with E-state index in [0.29, 0.717) is 12.1 Å². The molecule has 0 atom stereocenters. The third-order valence-corrected chi connectivity index (χ3v) is 3.30. The van der Waals surface area contributed by atoms with Crippen LogP contribution in [-0.2, 0) is 27.5 Å². The second-order valence-corrected chi connectivity index (χ2v) is 5.32. The molecule has 0 fully saturated rings. The summed E-state index contributed by atoms with van der Waals surface area (Å²) >= 11 is 0. The first-order chi connectivity index (χ1) is 12.0. The summed E-state index contributed by atoms with van der Waals surface area (Å²) in [7, 11) is 0. The standard InChI is InChI=1S/C18H16F3NO3/c19-13-6-16(20)15(17(21)7-13)9-22-18(24)8-14(23)11-25-10-12-4-2-1-3-5-12/h1-7H,8-11H2,(H,22,24). The summed E-state index contributed by atoms with van der Waals surface area (Å²) in [5, 5.41) is 2.22. The molecule has 132 valence electrons. The van der Waals surface area contributed by atoms with Gasteiger partial charge in [-0.1, -0.05) is 30.3 Å². The number of benzene rings is 2. The average molecular weight is 351 g/mol. The van der Waals surface area contributed by atoms with Gasteiger partial charge in [-0.05, 0) is 5.56 Å². The zero-order valence-electron chi connectivity index (χ0n) is 13.2. The highest BCUT2D eigenvalue weighted by Gasteiger charge is 2.14. The molecule has 0 radical (unpaired) electrons. The second-order valence-electron chi connectivity index (χ2n) is 5.32. The molecule has 0 aliphatic heterocycles. The molecular weight excluding hydrogens is 335 g/mol. The van der Waals surface area contributed by atoms with Gasteiger partial charge in [-0.2, -0.15) is 0 Å². The predicted molar refractivity (Wildman–Crippen MR) is 83.9 cm³/mol. The first-order valence-corrected chi connectivity index (χ1v) is 7.49. The summed E-state index contributed by atoms with van der Waals surface area (Å²) in [5.41, 5.74) is 0.421. The first kappa shape index (κ1) is 18.7. The van der Waals surface area contributed by atoms with Gasteiger partial charge in [-0.25, -0.2) is 13.2 Å². The van der Waals surface area contributed by atoms with Crippen LogP contribution in [-0.4, -0.2) is 18.3 Å². The van der Waals surface area contributed by atoms with Gasteiger partial charge in [-0.15, -0.1) is 0 Å². The summed E-state index contributed by atoms with van der Waals surface area (Å²) in [6.45, 7) is -0.489. The molecule has 1 amide bonds. The number of rotatable bonds is 8. The maximum atomic E-state index is 13.4. The zero-order valence-corrected chi connectivity index (χ0v) is 13.2. The van der Waals surface area contributed by atoms with Crippen molar-refractivity contribution in [3.63, 3.8) is 0 Å². The van der Waals surface area contributed by atoms with E-state index in [1.165, 1.54) is 0 Å². The van der Waals surface area contributed by atoms with Crippen LogP contribution in [0.25, 0.3) is 0 Å². The Hall–Kier alpha value is -2.67. The Bertz CT molecular complexity index is 727. The topological polar surface area (TPSA) is 55.4 Å². The van der Waals surface area contributed by atoms with Crippen LogP contribution in [0.2, 0.25) is 0 Å². The van der Waals surface area contributed by atoms with Crippen molar-refractivity contribution in [2.75, 3.05) is 6.61 Å². The van der Waals surface area contributed by atoms with Gasteiger partial charge in [0.1, 0.15) is 24.1 Å². The fourth-order valence-electron chi connectivity index (χ4n) is 2.08. The van der Waals surface area contributed by atoms with Crippen molar-refractivity contribution < 1.29 is 27.5 Å². The van der Waals surface area contributed by atoms with E-state index >= 15 is 0 Å². The minimum absolute atomic E-state index is 0.236. The summed E-state index contributed by atoms with van der Waals surface area (Å²) in [6, 6.07) is 10.2. The number of amides is 1. The van der Waals surface area contributed by atoms with Crippen LogP contribution in [0.1, 0.15) is 17.5 Å². The Morgan fingerprint density at radius 3 is 2.28 bits per heavy atom. The smallest absolute Gasteiger partial charge is 0.227 e. The lowest BCUT2D eigenvalue weighted by Crippen LogP contribution is -2.27. The monoisotopic (exact) mass is 351 g/mol. The molecule has 0 bridgehead atoms. The van der Waals surface area contributed by atoms with Gasteiger partial charge in [0.05, 0.1) is 13.0 Å². The highest BCUT2D eigenvalue weighted by atomic mass is 19.1. The van der Waals surface area contributed by atoms with E-state index in [4.69, 9.17) is 4.74 Å². The minimum Gasteiger partial charge on any atom is -0.369 e. The van der Waals surface area contributed by atoms with E-state index < -0.39 is 47.7 Å². The van der Waals surface area contributed by atoms with Crippen LogP contribution < -0.4 is 5.32 Å². The van der Waals surface area contributed by atoms with E-state index in [2.05, 4.69) is 5.32 Å². The fraction of sp³-hybridized carbons (Fsp3) is 0.222. The molecular formula is C18H16F3NO3. The molecule has 0 saturated carbocycles. The van der Waals surface area contributed by atoms with Crippen molar-refractivity contribution in [2.45, 2.75) is 19.6 Å². The lowest BCUT2D eigenvalue weighted by Gasteiger charge is -2.08. The Morgan fingerprint density at radius 2 is 1.64 bits per heavy atom. The SMILES string of the molecule is O=C(COCc1ccccc1)CC(=O)NCc1c(F)cc(F)cc1F. The Balaban J connectivity index is 1.74. The third kappa shape index (κ3) is 6.04. The largest absolute Gasteiger partial charge is 0.369 e. The molecule has 1 N–H and O–H groups in total. The van der Waals surface area contributed by atoms with Gasteiger partial charge in [0, 0.05) is 24.2 Å². The van der Waals surface area contributed by atoms with Gasteiger partial charge < -0.3 is 10.1 Å². The molecule has 0 aromatic heterocycles. The fourth-order valence-corrected chi connectivity index (χ4v) is 2.08. The minimum atomic E-state index is -1.10. The van der Waals surface area contributed by atoms with E-state index in [0.717, 1.165) is 5.56 Å². The van der Waals surface area contributed by atoms with Crippen molar-refractivity contribution >= 4 is 11.7 Å². The molecule has 2 aromatic rings. The number of hydrogen-bond donors (Lipinski definition) is 1. The predicted octanol–water partition coefficient (Wildman–Crippen LogP) is 2.90. The van der Waals surface area contributed by atoms with Crippen LogP contribution in [0.4, 0.5) is 13.2 Å². The molecule has 0 unspecified atom stereocenters. The van der Waals surface area contributed by atoms with Crippen molar-refractivity contribution in [3.8, 4) is 0 Å². The van der Waals surface area contributed by atoms with Crippen LogP contribution >= 0.6 is 0 Å². The van der Waals surface area contributed by atoms with E-state index in [1.807, 2.05) is 30.3 Å². The molecule has 2 rings (SSSR count). The maximum absolute atomic E-state index is 13.4. The summed E-state index contributed by atoms with van der Waals surface area (Å²) in [6.07, 6.45) is -0.473. The second kappa shape index (κ2) is 8.98. The van der Waals surface area contributed by atoms with Gasteiger partial charge in [-0.3, -0.25) is 9.59 Å². The van der Waals surface area contributed by atoms with Crippen molar-refractivity contribution in [2.24, 2.45) is 0 Å². The lowest BCUT2D eigenvalue weighted by atomic mass is 10.2. The normalized spacial score (nSPS) is 10.5.